The van der Waals surface area contributed by atoms with E-state index in [1.165, 1.54) is 11.3 Å². The summed E-state index contributed by atoms with van der Waals surface area (Å²) in [5.74, 6) is 0. The Hall–Kier alpha value is -1.92. The second-order valence-corrected chi connectivity index (χ2v) is 6.62. The van der Waals surface area contributed by atoms with Gasteiger partial charge in [-0.05, 0) is 24.3 Å². The smallest absolute Gasteiger partial charge is 0.255 e. The van der Waals surface area contributed by atoms with Gasteiger partial charge in [0.15, 0.2) is 5.13 Å². The van der Waals surface area contributed by atoms with Gasteiger partial charge < -0.3 is 0 Å². The first kappa shape index (κ1) is 12.1. The van der Waals surface area contributed by atoms with Crippen molar-refractivity contribution >= 4 is 36.7 Å². The van der Waals surface area contributed by atoms with E-state index in [4.69, 9.17) is 0 Å². The number of hydrogen-bond donors (Lipinski definition) is 1. The molecule has 19 heavy (non-hydrogen) atoms. The summed E-state index contributed by atoms with van der Waals surface area (Å²) in [7, 11) is -3.56. The monoisotopic (exact) mass is 290 g/mol. The van der Waals surface area contributed by atoms with Crippen molar-refractivity contribution in [1.29, 1.82) is 0 Å². The van der Waals surface area contributed by atoms with E-state index in [0.717, 1.165) is 10.2 Å². The highest BCUT2D eigenvalue weighted by atomic mass is 32.2. The predicted molar refractivity (Wildman–Crippen MR) is 76.9 cm³/mol. The molecule has 3 rings (SSSR count). The first-order valence-electron chi connectivity index (χ1n) is 5.59. The second kappa shape index (κ2) is 4.64. The molecule has 0 fully saturated rings. The van der Waals surface area contributed by atoms with Crippen LogP contribution in [-0.2, 0) is 10.0 Å². The van der Waals surface area contributed by atoms with Crippen LogP contribution in [-0.4, -0.2) is 13.4 Å². The second-order valence-electron chi connectivity index (χ2n) is 3.91. The summed E-state index contributed by atoms with van der Waals surface area (Å²) in [4.78, 5) is 4.48. The molecule has 0 unspecified atom stereocenters. The predicted octanol–water partition coefficient (Wildman–Crippen LogP) is 3.10. The molecule has 0 radical (unpaired) electrons. The molecular weight excluding hydrogens is 280 g/mol. The average molecular weight is 290 g/mol. The Morgan fingerprint density at radius 1 is 0.947 bits per heavy atom. The molecule has 0 atom stereocenters. The van der Waals surface area contributed by atoms with E-state index in [1.807, 2.05) is 24.3 Å². The first-order valence-corrected chi connectivity index (χ1v) is 7.88. The van der Waals surface area contributed by atoms with Crippen molar-refractivity contribution in [2.45, 2.75) is 4.90 Å². The molecule has 0 saturated heterocycles. The maximum atomic E-state index is 12.1. The Balaban J connectivity index is 1.97. The normalized spacial score (nSPS) is 11.6. The van der Waals surface area contributed by atoms with Crippen molar-refractivity contribution in [3.8, 4) is 0 Å². The van der Waals surface area contributed by atoms with E-state index in [-0.39, 0.29) is 4.90 Å². The number of sulfonamides is 1. The summed E-state index contributed by atoms with van der Waals surface area (Å²) < 4.78 is 27.7. The Morgan fingerprint density at radius 2 is 1.63 bits per heavy atom. The van der Waals surface area contributed by atoms with Crippen LogP contribution in [0.4, 0.5) is 5.13 Å². The molecule has 4 nitrogen and oxygen atoms in total. The van der Waals surface area contributed by atoms with Crippen LogP contribution in [0.25, 0.3) is 10.2 Å². The maximum absolute atomic E-state index is 12.1. The fourth-order valence-corrected chi connectivity index (χ4v) is 3.81. The fraction of sp³-hybridized carbons (Fsp3) is 0. The Morgan fingerprint density at radius 3 is 2.37 bits per heavy atom. The highest BCUT2D eigenvalue weighted by molar-refractivity contribution is 7.93. The molecule has 0 amide bonds. The summed E-state index contributed by atoms with van der Waals surface area (Å²) in [6.07, 6.45) is 0. The maximum Gasteiger partial charge on any atom is 0.263 e. The lowest BCUT2D eigenvalue weighted by atomic mass is 10.3. The van der Waals surface area contributed by atoms with Crippen LogP contribution >= 0.6 is 11.3 Å². The van der Waals surface area contributed by atoms with Gasteiger partial charge in [0.25, 0.3) is 10.0 Å². The third-order valence-electron chi connectivity index (χ3n) is 2.57. The lowest BCUT2D eigenvalue weighted by Gasteiger charge is -2.03. The zero-order valence-electron chi connectivity index (χ0n) is 9.78. The summed E-state index contributed by atoms with van der Waals surface area (Å²) in [6.45, 7) is 0. The van der Waals surface area contributed by atoms with Crippen LogP contribution in [0, 0.1) is 0 Å². The van der Waals surface area contributed by atoms with E-state index >= 15 is 0 Å². The van der Waals surface area contributed by atoms with Crippen LogP contribution in [0.1, 0.15) is 0 Å². The molecule has 0 aliphatic carbocycles. The van der Waals surface area contributed by atoms with E-state index in [2.05, 4.69) is 9.71 Å². The molecule has 1 N–H and O–H groups in total. The molecule has 0 spiro atoms. The molecule has 3 aromatic rings. The molecule has 6 heteroatoms. The summed E-state index contributed by atoms with van der Waals surface area (Å²) in [5.41, 5.74) is 0.790. The number of nitrogens with zero attached hydrogens (tertiary/aromatic N) is 1. The third kappa shape index (κ3) is 2.45. The number of anilines is 1. The number of thiazole rings is 1. The van der Waals surface area contributed by atoms with Gasteiger partial charge in [-0.2, -0.15) is 0 Å². The minimum absolute atomic E-state index is 0.231. The lowest BCUT2D eigenvalue weighted by molar-refractivity contribution is 0.601. The van der Waals surface area contributed by atoms with Gasteiger partial charge in [-0.15, -0.1) is 0 Å². The first-order chi connectivity index (χ1) is 9.15. The topological polar surface area (TPSA) is 59.1 Å². The molecule has 1 aromatic heterocycles. The molecule has 0 saturated carbocycles. The highest BCUT2D eigenvalue weighted by Gasteiger charge is 2.15. The van der Waals surface area contributed by atoms with E-state index < -0.39 is 10.0 Å². The van der Waals surface area contributed by atoms with Gasteiger partial charge in [0.1, 0.15) is 0 Å². The van der Waals surface area contributed by atoms with Crippen molar-refractivity contribution in [3.63, 3.8) is 0 Å². The van der Waals surface area contributed by atoms with Crippen LogP contribution in [0.2, 0.25) is 0 Å². The van der Waals surface area contributed by atoms with Crippen LogP contribution in [0.5, 0.6) is 0 Å². The van der Waals surface area contributed by atoms with Gasteiger partial charge in [0.05, 0.1) is 15.1 Å². The zero-order chi connectivity index (χ0) is 13.3. The Labute approximate surface area is 114 Å². The summed E-state index contributed by atoms with van der Waals surface area (Å²) in [5, 5.41) is 0.380. The molecule has 0 aliphatic heterocycles. The molecule has 0 bridgehead atoms. The van der Waals surface area contributed by atoms with Gasteiger partial charge in [-0.25, -0.2) is 13.4 Å². The molecule has 2 aromatic carbocycles. The van der Waals surface area contributed by atoms with Gasteiger partial charge >= 0.3 is 0 Å². The van der Waals surface area contributed by atoms with Crippen molar-refractivity contribution in [3.05, 3.63) is 54.6 Å². The number of aromatic nitrogens is 1. The Kier molecular flexibility index (Phi) is 2.96. The van der Waals surface area contributed by atoms with Crippen molar-refractivity contribution in [1.82, 2.24) is 4.98 Å². The summed E-state index contributed by atoms with van der Waals surface area (Å²) >= 11 is 1.32. The molecular formula is C13H10N2O2S2. The standard InChI is InChI=1S/C13H10N2O2S2/c16-19(17,10-6-2-1-3-7-10)15-13-14-11-8-4-5-9-12(11)18-13/h1-9H,(H,14,15). The third-order valence-corrected chi connectivity index (χ3v) is 5.00. The van der Waals surface area contributed by atoms with Gasteiger partial charge in [0, 0.05) is 0 Å². The number of rotatable bonds is 3. The van der Waals surface area contributed by atoms with Crippen LogP contribution < -0.4 is 4.72 Å². The average Bonchev–Trinajstić information content (AvgIpc) is 2.81. The van der Waals surface area contributed by atoms with Gasteiger partial charge in [-0.3, -0.25) is 4.72 Å². The van der Waals surface area contributed by atoms with Crippen molar-refractivity contribution < 1.29 is 8.42 Å². The van der Waals surface area contributed by atoms with Crippen LogP contribution in [0.15, 0.2) is 59.5 Å². The number of benzene rings is 2. The number of nitrogens with one attached hydrogen (secondary N) is 1. The largest absolute Gasteiger partial charge is 0.263 e. The highest BCUT2D eigenvalue weighted by Crippen LogP contribution is 2.27. The SMILES string of the molecule is O=S(=O)(Nc1nc2ccccc2s1)c1ccccc1. The Bertz CT molecular complexity index is 778. The summed E-state index contributed by atoms with van der Waals surface area (Å²) in [6, 6.07) is 15.8. The van der Waals surface area contributed by atoms with Gasteiger partial charge in [-0.1, -0.05) is 41.7 Å². The number of para-hydroxylation sites is 1. The quantitative estimate of drug-likeness (QED) is 0.806. The molecule has 0 aliphatic rings. The van der Waals surface area contributed by atoms with Crippen LogP contribution in [0.3, 0.4) is 0 Å². The van der Waals surface area contributed by atoms with E-state index in [1.54, 1.807) is 30.3 Å². The van der Waals surface area contributed by atoms with E-state index in [9.17, 15) is 8.42 Å². The minimum atomic E-state index is -3.56. The zero-order valence-corrected chi connectivity index (χ0v) is 11.4. The van der Waals surface area contributed by atoms with Crippen molar-refractivity contribution in [2.75, 3.05) is 4.72 Å². The molecule has 1 heterocycles. The number of fused-ring (bicyclic) bond motifs is 1. The minimum Gasteiger partial charge on any atom is -0.255 e. The van der Waals surface area contributed by atoms with Crippen molar-refractivity contribution in [2.24, 2.45) is 0 Å². The molecule has 96 valence electrons. The van der Waals surface area contributed by atoms with E-state index in [0.29, 0.717) is 5.13 Å². The van der Waals surface area contributed by atoms with Gasteiger partial charge in [0.2, 0.25) is 0 Å². The fourth-order valence-electron chi connectivity index (χ4n) is 1.69. The number of hydrogen-bond acceptors (Lipinski definition) is 4. The lowest BCUT2D eigenvalue weighted by Crippen LogP contribution is -2.12.